The quantitative estimate of drug-likeness (QED) is 0.794. The van der Waals surface area contributed by atoms with Gasteiger partial charge in [0.2, 0.25) is 0 Å². The maximum absolute atomic E-state index is 12.6. The fourth-order valence-corrected chi connectivity index (χ4v) is 2.71. The van der Waals surface area contributed by atoms with Crippen LogP contribution in [0.15, 0.2) is 54.6 Å². The van der Waals surface area contributed by atoms with E-state index in [4.69, 9.17) is 0 Å². The molecule has 0 bridgehead atoms. The molecule has 0 saturated carbocycles. The summed E-state index contributed by atoms with van der Waals surface area (Å²) in [5.74, 6) is -1.59. The van der Waals surface area contributed by atoms with Gasteiger partial charge in [-0.2, -0.15) is 0 Å². The molecule has 1 atom stereocenters. The van der Waals surface area contributed by atoms with Gasteiger partial charge in [0.15, 0.2) is 6.61 Å². The molecular formula is C19H15F3N2O5. The molecule has 1 aliphatic rings. The van der Waals surface area contributed by atoms with E-state index in [9.17, 15) is 27.6 Å². The highest BCUT2D eigenvalue weighted by Crippen LogP contribution is 2.23. The van der Waals surface area contributed by atoms with E-state index in [0.29, 0.717) is 5.56 Å². The molecule has 1 fully saturated rings. The number of halogens is 3. The Morgan fingerprint density at radius 3 is 2.31 bits per heavy atom. The highest BCUT2D eigenvalue weighted by molar-refractivity contribution is 5.98. The van der Waals surface area contributed by atoms with Crippen molar-refractivity contribution in [1.82, 2.24) is 10.2 Å². The highest BCUT2D eigenvalue weighted by atomic mass is 19.4. The minimum absolute atomic E-state index is 0.0794. The average molecular weight is 408 g/mol. The van der Waals surface area contributed by atoms with Crippen molar-refractivity contribution in [2.45, 2.75) is 12.4 Å². The molecular weight excluding hydrogens is 393 g/mol. The lowest BCUT2D eigenvalue weighted by atomic mass is 10.1. The van der Waals surface area contributed by atoms with E-state index in [2.05, 4.69) is 14.8 Å². The van der Waals surface area contributed by atoms with Gasteiger partial charge in [-0.25, -0.2) is 9.69 Å². The van der Waals surface area contributed by atoms with Gasteiger partial charge in [0.05, 0.1) is 12.6 Å². The first-order valence-electron chi connectivity index (χ1n) is 8.42. The van der Waals surface area contributed by atoms with Gasteiger partial charge < -0.3 is 14.8 Å². The maximum atomic E-state index is 12.6. The summed E-state index contributed by atoms with van der Waals surface area (Å²) in [5, 5.41) is 2.68. The molecule has 1 saturated heterocycles. The van der Waals surface area contributed by atoms with Crippen molar-refractivity contribution in [2.24, 2.45) is 0 Å². The number of hydrogen-bond acceptors (Lipinski definition) is 5. The van der Waals surface area contributed by atoms with Gasteiger partial charge in [-0.3, -0.25) is 9.59 Å². The second kappa shape index (κ2) is 8.21. The van der Waals surface area contributed by atoms with Crippen LogP contribution in [-0.4, -0.2) is 42.3 Å². The van der Waals surface area contributed by atoms with Crippen LogP contribution in [0.5, 0.6) is 5.75 Å². The largest absolute Gasteiger partial charge is 0.573 e. The first kappa shape index (κ1) is 20.2. The van der Waals surface area contributed by atoms with Crippen molar-refractivity contribution >= 4 is 17.9 Å². The van der Waals surface area contributed by atoms with E-state index in [0.717, 1.165) is 17.0 Å². The third-order valence-electron chi connectivity index (χ3n) is 4.06. The van der Waals surface area contributed by atoms with Crippen molar-refractivity contribution in [3.63, 3.8) is 0 Å². The van der Waals surface area contributed by atoms with Crippen LogP contribution >= 0.6 is 0 Å². The Kier molecular flexibility index (Phi) is 5.71. The second-order valence-electron chi connectivity index (χ2n) is 6.07. The number of nitrogens with zero attached hydrogens (tertiary/aromatic N) is 1. The molecule has 152 valence electrons. The number of ether oxygens (including phenoxy) is 2. The van der Waals surface area contributed by atoms with Gasteiger partial charge >= 0.3 is 12.5 Å². The van der Waals surface area contributed by atoms with Crippen LogP contribution in [0.4, 0.5) is 18.0 Å². The van der Waals surface area contributed by atoms with E-state index in [-0.39, 0.29) is 18.7 Å². The van der Waals surface area contributed by atoms with Crippen molar-refractivity contribution < 1.29 is 37.0 Å². The van der Waals surface area contributed by atoms with Crippen LogP contribution in [-0.2, 0) is 9.53 Å². The number of alkyl halides is 3. The van der Waals surface area contributed by atoms with Gasteiger partial charge in [0.25, 0.3) is 11.8 Å². The lowest BCUT2D eigenvalue weighted by Gasteiger charge is -2.23. The summed E-state index contributed by atoms with van der Waals surface area (Å²) < 4.78 is 45.2. The van der Waals surface area contributed by atoms with Crippen molar-refractivity contribution in [2.75, 3.05) is 13.2 Å². The standard InChI is InChI=1S/C19H15F3N2O5/c20-19(21,22)29-14-8-6-13(7-9-14)17(26)23-15(12-4-2-1-3-5-12)10-24-16(25)11-28-18(24)27/h1-9,15H,10-11H2,(H,23,26). The monoisotopic (exact) mass is 408 g/mol. The number of carbonyl (C=O) groups excluding carboxylic acids is 3. The fraction of sp³-hybridized carbons (Fsp3) is 0.211. The lowest BCUT2D eigenvalue weighted by Crippen LogP contribution is -2.40. The summed E-state index contributed by atoms with van der Waals surface area (Å²) in [6.45, 7) is -0.516. The average Bonchev–Trinajstić information content (AvgIpc) is 2.99. The van der Waals surface area contributed by atoms with Crippen LogP contribution < -0.4 is 10.1 Å². The maximum Gasteiger partial charge on any atom is 0.573 e. The molecule has 7 nitrogen and oxygen atoms in total. The van der Waals surface area contributed by atoms with Gasteiger partial charge in [-0.15, -0.1) is 13.2 Å². The molecule has 10 heteroatoms. The van der Waals surface area contributed by atoms with Crippen LogP contribution in [0, 0.1) is 0 Å². The summed E-state index contributed by atoms with van der Waals surface area (Å²) in [4.78, 5) is 37.0. The number of benzene rings is 2. The fourth-order valence-electron chi connectivity index (χ4n) is 2.71. The van der Waals surface area contributed by atoms with Gasteiger partial charge in [0.1, 0.15) is 5.75 Å². The molecule has 29 heavy (non-hydrogen) atoms. The zero-order valence-corrected chi connectivity index (χ0v) is 14.8. The van der Waals surface area contributed by atoms with Crippen molar-refractivity contribution in [3.8, 4) is 5.75 Å². The van der Waals surface area contributed by atoms with E-state index >= 15 is 0 Å². The normalized spacial score (nSPS) is 15.1. The molecule has 1 aliphatic heterocycles. The molecule has 1 unspecified atom stereocenters. The summed E-state index contributed by atoms with van der Waals surface area (Å²) in [5.41, 5.74) is 0.709. The number of cyclic esters (lactones) is 1. The Balaban J connectivity index is 1.76. The lowest BCUT2D eigenvalue weighted by molar-refractivity contribution is -0.274. The SMILES string of the molecule is O=C(NC(CN1C(=O)COC1=O)c1ccccc1)c1ccc(OC(F)(F)F)cc1. The van der Waals surface area contributed by atoms with Crippen LogP contribution in [0.1, 0.15) is 22.0 Å². The first-order chi connectivity index (χ1) is 13.7. The smallest absolute Gasteiger partial charge is 0.439 e. The molecule has 3 rings (SSSR count). The molecule has 3 amide bonds. The minimum atomic E-state index is -4.83. The van der Waals surface area contributed by atoms with E-state index in [1.165, 1.54) is 12.1 Å². The van der Waals surface area contributed by atoms with Gasteiger partial charge in [-0.1, -0.05) is 30.3 Å². The molecule has 0 aliphatic carbocycles. The number of rotatable bonds is 6. The summed E-state index contributed by atoms with van der Waals surface area (Å²) in [6, 6.07) is 12.3. The summed E-state index contributed by atoms with van der Waals surface area (Å²) in [6.07, 6.45) is -5.64. The highest BCUT2D eigenvalue weighted by Gasteiger charge is 2.34. The number of imide groups is 1. The Labute approximate surface area is 163 Å². The number of hydrogen-bond donors (Lipinski definition) is 1. The van der Waals surface area contributed by atoms with Crippen LogP contribution in [0.2, 0.25) is 0 Å². The first-order valence-corrected chi connectivity index (χ1v) is 8.42. The van der Waals surface area contributed by atoms with Gasteiger partial charge in [0, 0.05) is 5.56 Å². The Hall–Kier alpha value is -3.56. The summed E-state index contributed by atoms with van der Waals surface area (Å²) >= 11 is 0. The molecule has 1 heterocycles. The predicted molar refractivity (Wildman–Crippen MR) is 92.8 cm³/mol. The molecule has 0 aromatic heterocycles. The van der Waals surface area contributed by atoms with Crippen LogP contribution in [0.25, 0.3) is 0 Å². The Bertz CT molecular complexity index is 884. The minimum Gasteiger partial charge on any atom is -0.439 e. The van der Waals surface area contributed by atoms with Crippen molar-refractivity contribution in [3.05, 3.63) is 65.7 Å². The third kappa shape index (κ3) is 5.24. The van der Waals surface area contributed by atoms with E-state index in [1.807, 2.05) is 0 Å². The number of nitrogens with one attached hydrogen (secondary N) is 1. The van der Waals surface area contributed by atoms with Crippen molar-refractivity contribution in [1.29, 1.82) is 0 Å². The number of carbonyl (C=O) groups is 3. The van der Waals surface area contributed by atoms with E-state index in [1.54, 1.807) is 30.3 Å². The third-order valence-corrected chi connectivity index (χ3v) is 4.06. The Morgan fingerprint density at radius 1 is 1.10 bits per heavy atom. The van der Waals surface area contributed by atoms with Gasteiger partial charge in [-0.05, 0) is 29.8 Å². The zero-order valence-electron chi connectivity index (χ0n) is 14.8. The topological polar surface area (TPSA) is 84.9 Å². The molecule has 2 aromatic rings. The Morgan fingerprint density at radius 2 is 1.76 bits per heavy atom. The van der Waals surface area contributed by atoms with Crippen LogP contribution in [0.3, 0.4) is 0 Å². The number of amides is 3. The molecule has 2 aromatic carbocycles. The zero-order chi connectivity index (χ0) is 21.0. The molecule has 1 N–H and O–H groups in total. The predicted octanol–water partition coefficient (Wildman–Crippen LogP) is 3.04. The molecule has 0 spiro atoms. The summed E-state index contributed by atoms with van der Waals surface area (Å²) in [7, 11) is 0. The molecule has 0 radical (unpaired) electrons. The van der Waals surface area contributed by atoms with E-state index < -0.39 is 36.1 Å². The second-order valence-corrected chi connectivity index (χ2v) is 6.07.